The summed E-state index contributed by atoms with van der Waals surface area (Å²) in [5, 5.41) is 13.0. The van der Waals surface area contributed by atoms with Crippen molar-refractivity contribution in [2.45, 2.75) is 39.2 Å². The lowest BCUT2D eigenvalue weighted by atomic mass is 10.1. The number of rotatable bonds is 5. The number of aliphatic carboxylic acids is 1. The molecule has 0 unspecified atom stereocenters. The molecule has 1 heterocycles. The lowest BCUT2D eigenvalue weighted by molar-refractivity contribution is -0.137. The lowest BCUT2D eigenvalue weighted by Crippen LogP contribution is -2.35. The molecule has 104 valence electrons. The summed E-state index contributed by atoms with van der Waals surface area (Å²) in [5.41, 5.74) is 2.13. The largest absolute Gasteiger partial charge is 0.481 e. The van der Waals surface area contributed by atoms with Crippen molar-refractivity contribution < 1.29 is 14.7 Å². The fourth-order valence-corrected chi connectivity index (χ4v) is 2.28. The van der Waals surface area contributed by atoms with E-state index in [0.717, 1.165) is 18.5 Å². The van der Waals surface area contributed by atoms with E-state index in [1.165, 1.54) is 0 Å². The Morgan fingerprint density at radius 1 is 1.42 bits per heavy atom. The van der Waals surface area contributed by atoms with Gasteiger partial charge in [-0.25, -0.2) is 0 Å². The van der Waals surface area contributed by atoms with Gasteiger partial charge in [0.2, 0.25) is 0 Å². The second kappa shape index (κ2) is 5.03. The van der Waals surface area contributed by atoms with Gasteiger partial charge >= 0.3 is 5.97 Å². The van der Waals surface area contributed by atoms with E-state index in [1.807, 2.05) is 13.8 Å². The van der Waals surface area contributed by atoms with E-state index < -0.39 is 5.97 Å². The zero-order valence-corrected chi connectivity index (χ0v) is 11.5. The maximum absolute atomic E-state index is 12.6. The van der Waals surface area contributed by atoms with Crippen molar-refractivity contribution in [2.75, 3.05) is 6.54 Å². The van der Waals surface area contributed by atoms with Crippen LogP contribution in [0.15, 0.2) is 0 Å². The normalized spacial score (nSPS) is 14.5. The molecule has 6 nitrogen and oxygen atoms in total. The summed E-state index contributed by atoms with van der Waals surface area (Å²) in [6.07, 6.45) is 1.91. The smallest absolute Gasteiger partial charge is 0.305 e. The minimum atomic E-state index is -0.877. The van der Waals surface area contributed by atoms with Crippen molar-refractivity contribution in [3.63, 3.8) is 0 Å². The number of hydrogen-bond donors (Lipinski definition) is 1. The van der Waals surface area contributed by atoms with Gasteiger partial charge in [0.25, 0.3) is 5.91 Å². The van der Waals surface area contributed by atoms with Crippen molar-refractivity contribution in [1.82, 2.24) is 14.7 Å². The van der Waals surface area contributed by atoms with Crippen LogP contribution in [0.2, 0.25) is 0 Å². The summed E-state index contributed by atoms with van der Waals surface area (Å²) in [6, 6.07) is 0.200. The van der Waals surface area contributed by atoms with E-state index in [9.17, 15) is 9.59 Å². The highest BCUT2D eigenvalue weighted by atomic mass is 16.4. The van der Waals surface area contributed by atoms with Gasteiger partial charge in [0.1, 0.15) is 0 Å². The van der Waals surface area contributed by atoms with Crippen molar-refractivity contribution in [1.29, 1.82) is 0 Å². The highest BCUT2D eigenvalue weighted by Gasteiger charge is 2.35. The Morgan fingerprint density at radius 3 is 2.47 bits per heavy atom. The van der Waals surface area contributed by atoms with Gasteiger partial charge in [0, 0.05) is 25.3 Å². The van der Waals surface area contributed by atoms with Crippen LogP contribution in [0.25, 0.3) is 0 Å². The van der Waals surface area contributed by atoms with Gasteiger partial charge < -0.3 is 10.0 Å². The average Bonchev–Trinajstić information content (AvgIpc) is 3.09. The van der Waals surface area contributed by atoms with Gasteiger partial charge in [0.15, 0.2) is 0 Å². The molecule has 1 aromatic heterocycles. The van der Waals surface area contributed by atoms with Crippen LogP contribution in [0, 0.1) is 13.8 Å². The molecule has 0 atom stereocenters. The Bertz CT molecular complexity index is 517. The summed E-state index contributed by atoms with van der Waals surface area (Å²) in [7, 11) is 1.80. The molecule has 1 aliphatic rings. The predicted molar refractivity (Wildman–Crippen MR) is 69.0 cm³/mol. The first-order valence-electron chi connectivity index (χ1n) is 6.44. The van der Waals surface area contributed by atoms with Gasteiger partial charge in [0.05, 0.1) is 17.7 Å². The SMILES string of the molecule is Cc1nn(C)c(C)c1C(=O)N(CCC(=O)O)C1CC1. The number of aryl methyl sites for hydroxylation is 2. The van der Waals surface area contributed by atoms with Crippen LogP contribution in [0.5, 0.6) is 0 Å². The van der Waals surface area contributed by atoms with Gasteiger partial charge in [-0.05, 0) is 26.7 Å². The summed E-state index contributed by atoms with van der Waals surface area (Å²) in [4.78, 5) is 24.9. The molecule has 1 fully saturated rings. The molecule has 0 saturated heterocycles. The molecule has 0 aromatic carbocycles. The maximum Gasteiger partial charge on any atom is 0.305 e. The Labute approximate surface area is 112 Å². The first-order valence-corrected chi connectivity index (χ1v) is 6.44. The monoisotopic (exact) mass is 265 g/mol. The third-order valence-electron chi connectivity index (χ3n) is 3.54. The Kier molecular flexibility index (Phi) is 3.59. The van der Waals surface area contributed by atoms with E-state index in [-0.39, 0.29) is 24.9 Å². The van der Waals surface area contributed by atoms with Crippen LogP contribution >= 0.6 is 0 Å². The fourth-order valence-electron chi connectivity index (χ4n) is 2.28. The van der Waals surface area contributed by atoms with Crippen molar-refractivity contribution >= 4 is 11.9 Å². The highest BCUT2D eigenvalue weighted by molar-refractivity contribution is 5.97. The van der Waals surface area contributed by atoms with Crippen LogP contribution in [0.1, 0.15) is 41.0 Å². The summed E-state index contributed by atoms with van der Waals surface area (Å²) >= 11 is 0. The number of aromatic nitrogens is 2. The summed E-state index contributed by atoms with van der Waals surface area (Å²) in [5.74, 6) is -0.968. The lowest BCUT2D eigenvalue weighted by Gasteiger charge is -2.21. The van der Waals surface area contributed by atoms with Gasteiger partial charge in [-0.2, -0.15) is 5.10 Å². The maximum atomic E-state index is 12.6. The quantitative estimate of drug-likeness (QED) is 0.865. The molecule has 1 N–H and O–H groups in total. The Hall–Kier alpha value is -1.85. The number of carboxylic acids is 1. The van der Waals surface area contributed by atoms with Crippen LogP contribution in [-0.2, 0) is 11.8 Å². The van der Waals surface area contributed by atoms with E-state index >= 15 is 0 Å². The molecule has 2 rings (SSSR count). The number of carbonyl (C=O) groups is 2. The van der Waals surface area contributed by atoms with Gasteiger partial charge in [-0.1, -0.05) is 0 Å². The number of carboxylic acid groups (broad SMARTS) is 1. The van der Waals surface area contributed by atoms with Crippen LogP contribution in [0.3, 0.4) is 0 Å². The molecule has 0 bridgehead atoms. The zero-order chi connectivity index (χ0) is 14.2. The molecule has 0 radical (unpaired) electrons. The van der Waals surface area contributed by atoms with Crippen molar-refractivity contribution in [3.8, 4) is 0 Å². The second-order valence-electron chi connectivity index (χ2n) is 5.04. The van der Waals surface area contributed by atoms with E-state index in [1.54, 1.807) is 16.6 Å². The molecule has 1 aromatic rings. The summed E-state index contributed by atoms with van der Waals surface area (Å²) in [6.45, 7) is 3.94. The molecule has 1 amide bonds. The summed E-state index contributed by atoms with van der Waals surface area (Å²) < 4.78 is 1.69. The predicted octanol–water partition coefficient (Wildman–Crippen LogP) is 1.12. The molecular formula is C13H19N3O3. The number of carbonyl (C=O) groups excluding carboxylic acids is 1. The molecule has 1 saturated carbocycles. The third kappa shape index (κ3) is 2.77. The average molecular weight is 265 g/mol. The molecule has 0 spiro atoms. The highest BCUT2D eigenvalue weighted by Crippen LogP contribution is 2.29. The van der Waals surface area contributed by atoms with E-state index in [0.29, 0.717) is 11.3 Å². The van der Waals surface area contributed by atoms with E-state index in [4.69, 9.17) is 5.11 Å². The van der Waals surface area contributed by atoms with Crippen molar-refractivity contribution in [2.24, 2.45) is 7.05 Å². The number of nitrogens with zero attached hydrogens (tertiary/aromatic N) is 3. The number of hydrogen-bond acceptors (Lipinski definition) is 3. The minimum absolute atomic E-state index is 0.0133. The first-order chi connectivity index (χ1) is 8.91. The third-order valence-corrected chi connectivity index (χ3v) is 3.54. The number of amides is 1. The molecule has 19 heavy (non-hydrogen) atoms. The topological polar surface area (TPSA) is 75.4 Å². The fraction of sp³-hybridized carbons (Fsp3) is 0.615. The molecule has 0 aliphatic heterocycles. The Morgan fingerprint density at radius 2 is 2.05 bits per heavy atom. The van der Waals surface area contributed by atoms with Crippen LogP contribution < -0.4 is 0 Å². The van der Waals surface area contributed by atoms with E-state index in [2.05, 4.69) is 5.10 Å². The molecular weight excluding hydrogens is 246 g/mol. The second-order valence-corrected chi connectivity index (χ2v) is 5.04. The standard InChI is InChI=1S/C13H19N3O3/c1-8-12(9(2)15(3)14-8)13(19)16(10-4-5-10)7-6-11(17)18/h10H,4-7H2,1-3H3,(H,17,18). The first kappa shape index (κ1) is 13.6. The minimum Gasteiger partial charge on any atom is -0.481 e. The zero-order valence-electron chi connectivity index (χ0n) is 11.5. The van der Waals surface area contributed by atoms with Crippen LogP contribution in [-0.4, -0.2) is 44.3 Å². The Balaban J connectivity index is 2.21. The molecule has 6 heteroatoms. The van der Waals surface area contributed by atoms with Crippen LogP contribution in [0.4, 0.5) is 0 Å². The van der Waals surface area contributed by atoms with Gasteiger partial charge in [-0.3, -0.25) is 14.3 Å². The van der Waals surface area contributed by atoms with Gasteiger partial charge in [-0.15, -0.1) is 0 Å². The van der Waals surface area contributed by atoms with Crippen molar-refractivity contribution in [3.05, 3.63) is 17.0 Å². The molecule has 1 aliphatic carbocycles.